The fraction of sp³-hybridized carbons (Fsp3) is 0.600. The molecule has 140 valence electrons. The largest absolute Gasteiger partial charge is 0.349 e. The molecule has 2 aliphatic heterocycles. The van der Waals surface area contributed by atoms with Gasteiger partial charge in [0.2, 0.25) is 5.91 Å². The predicted molar refractivity (Wildman–Crippen MR) is 104 cm³/mol. The highest BCUT2D eigenvalue weighted by Crippen LogP contribution is 2.41. The SMILES string of the molecule is O=C(CCCC[C@@H]1SC[C@@H]2NC(=O)N[C@@H]21)NC(c1ccccc1)C1CC1. The molecule has 0 spiro atoms. The van der Waals surface area contributed by atoms with Gasteiger partial charge in [-0.25, -0.2) is 4.79 Å². The van der Waals surface area contributed by atoms with Crippen molar-refractivity contribution in [3.05, 3.63) is 35.9 Å². The smallest absolute Gasteiger partial charge is 0.315 e. The number of unbranched alkanes of at least 4 members (excludes halogenated alkanes) is 1. The maximum atomic E-state index is 12.4. The van der Waals surface area contributed by atoms with E-state index in [0.717, 1.165) is 25.0 Å². The maximum absolute atomic E-state index is 12.4. The van der Waals surface area contributed by atoms with E-state index in [1.807, 2.05) is 30.0 Å². The normalized spacial score (nSPS) is 28.2. The summed E-state index contributed by atoms with van der Waals surface area (Å²) >= 11 is 1.94. The molecule has 26 heavy (non-hydrogen) atoms. The topological polar surface area (TPSA) is 70.2 Å². The third-order valence-electron chi connectivity index (χ3n) is 5.65. The minimum atomic E-state index is -0.0308. The van der Waals surface area contributed by atoms with Crippen LogP contribution in [0.3, 0.4) is 0 Å². The van der Waals surface area contributed by atoms with Crippen LogP contribution in [0.5, 0.6) is 0 Å². The minimum Gasteiger partial charge on any atom is -0.349 e. The van der Waals surface area contributed by atoms with Gasteiger partial charge in [0.25, 0.3) is 0 Å². The van der Waals surface area contributed by atoms with Crippen molar-refractivity contribution < 1.29 is 9.59 Å². The maximum Gasteiger partial charge on any atom is 0.315 e. The van der Waals surface area contributed by atoms with Crippen LogP contribution >= 0.6 is 11.8 Å². The second-order valence-electron chi connectivity index (χ2n) is 7.66. The Kier molecular flexibility index (Phi) is 5.38. The highest BCUT2D eigenvalue weighted by molar-refractivity contribution is 8.00. The number of carbonyl (C=O) groups excluding carboxylic acids is 2. The van der Waals surface area contributed by atoms with Crippen LogP contribution in [0.4, 0.5) is 4.79 Å². The van der Waals surface area contributed by atoms with Gasteiger partial charge in [0, 0.05) is 17.4 Å². The average Bonchev–Trinajstić information content (AvgIpc) is 3.33. The van der Waals surface area contributed by atoms with Crippen molar-refractivity contribution in [1.82, 2.24) is 16.0 Å². The van der Waals surface area contributed by atoms with Gasteiger partial charge in [-0.05, 0) is 37.2 Å². The number of hydrogen-bond donors (Lipinski definition) is 3. The lowest BCUT2D eigenvalue weighted by Gasteiger charge is -2.19. The van der Waals surface area contributed by atoms with E-state index in [4.69, 9.17) is 0 Å². The average molecular weight is 374 g/mol. The third kappa shape index (κ3) is 4.17. The number of thioether (sulfide) groups is 1. The first kappa shape index (κ1) is 17.7. The van der Waals surface area contributed by atoms with Crippen LogP contribution in [0, 0.1) is 5.92 Å². The Morgan fingerprint density at radius 2 is 2.00 bits per heavy atom. The standard InChI is InChI=1S/C20H27N3O2S/c24-17(22-18(14-10-11-14)13-6-2-1-3-7-13)9-5-4-8-16-19-15(12-26-16)21-20(25)23-19/h1-3,6-7,14-16,18-19H,4-5,8-12H2,(H,22,24)(H2,21,23,25)/t15-,16-,18?,19-/m0/s1. The number of carbonyl (C=O) groups is 2. The van der Waals surface area contributed by atoms with E-state index < -0.39 is 0 Å². The highest BCUT2D eigenvalue weighted by atomic mass is 32.2. The molecule has 3 aliphatic rings. The number of fused-ring (bicyclic) bond motifs is 1. The molecule has 2 heterocycles. The van der Waals surface area contributed by atoms with E-state index in [1.54, 1.807) is 0 Å². The summed E-state index contributed by atoms with van der Waals surface area (Å²) in [5, 5.41) is 9.73. The van der Waals surface area contributed by atoms with Gasteiger partial charge < -0.3 is 16.0 Å². The summed E-state index contributed by atoms with van der Waals surface area (Å²) in [4.78, 5) is 23.8. The summed E-state index contributed by atoms with van der Waals surface area (Å²) < 4.78 is 0. The zero-order valence-electron chi connectivity index (χ0n) is 14.9. The zero-order valence-corrected chi connectivity index (χ0v) is 15.8. The van der Waals surface area contributed by atoms with Crippen molar-refractivity contribution in [3.8, 4) is 0 Å². The van der Waals surface area contributed by atoms with Crippen molar-refractivity contribution in [2.75, 3.05) is 5.75 Å². The van der Waals surface area contributed by atoms with Crippen LogP contribution in [0.15, 0.2) is 30.3 Å². The molecule has 4 atom stereocenters. The summed E-state index contributed by atoms with van der Waals surface area (Å²) in [5.41, 5.74) is 1.22. The second kappa shape index (κ2) is 7.91. The first-order valence-corrected chi connectivity index (χ1v) is 10.8. The van der Waals surface area contributed by atoms with Gasteiger partial charge in [-0.2, -0.15) is 11.8 Å². The molecule has 0 radical (unpaired) electrons. The zero-order chi connectivity index (χ0) is 17.9. The number of nitrogens with one attached hydrogen (secondary N) is 3. The molecule has 1 aliphatic carbocycles. The molecule has 5 nitrogen and oxygen atoms in total. The van der Waals surface area contributed by atoms with Gasteiger partial charge >= 0.3 is 6.03 Å². The van der Waals surface area contributed by atoms with Gasteiger partial charge in [-0.1, -0.05) is 36.8 Å². The molecular weight excluding hydrogens is 346 g/mol. The number of benzene rings is 1. The van der Waals surface area contributed by atoms with Crippen LogP contribution in [-0.2, 0) is 4.79 Å². The van der Waals surface area contributed by atoms with Gasteiger partial charge in [0.1, 0.15) is 0 Å². The summed E-state index contributed by atoms with van der Waals surface area (Å²) in [5.74, 6) is 1.76. The van der Waals surface area contributed by atoms with Crippen LogP contribution in [0.25, 0.3) is 0 Å². The van der Waals surface area contributed by atoms with Crippen molar-refractivity contribution in [2.24, 2.45) is 5.92 Å². The van der Waals surface area contributed by atoms with E-state index in [9.17, 15) is 9.59 Å². The summed E-state index contributed by atoms with van der Waals surface area (Å²) in [7, 11) is 0. The Morgan fingerprint density at radius 1 is 1.19 bits per heavy atom. The van der Waals surface area contributed by atoms with Crippen molar-refractivity contribution >= 4 is 23.7 Å². The molecule has 3 N–H and O–H groups in total. The summed E-state index contributed by atoms with van der Waals surface area (Å²) in [6.45, 7) is 0. The molecule has 2 saturated heterocycles. The van der Waals surface area contributed by atoms with Gasteiger partial charge in [-0.15, -0.1) is 0 Å². The lowest BCUT2D eigenvalue weighted by atomic mass is 10.0. The van der Waals surface area contributed by atoms with E-state index >= 15 is 0 Å². The molecule has 3 fully saturated rings. The molecule has 3 amide bonds. The van der Waals surface area contributed by atoms with Crippen LogP contribution in [0.2, 0.25) is 0 Å². The van der Waals surface area contributed by atoms with Gasteiger partial charge in [0.15, 0.2) is 0 Å². The molecule has 4 rings (SSSR count). The number of urea groups is 1. The molecule has 0 aromatic heterocycles. The minimum absolute atomic E-state index is 0.0308. The Bertz CT molecular complexity index is 650. The van der Waals surface area contributed by atoms with Crippen LogP contribution in [-0.4, -0.2) is 35.0 Å². The Hall–Kier alpha value is -1.69. The van der Waals surface area contributed by atoms with Crippen LogP contribution < -0.4 is 16.0 Å². The van der Waals surface area contributed by atoms with Crippen molar-refractivity contribution in [2.45, 2.75) is 61.9 Å². The second-order valence-corrected chi connectivity index (χ2v) is 8.93. The Morgan fingerprint density at radius 3 is 2.77 bits per heavy atom. The monoisotopic (exact) mass is 373 g/mol. The quantitative estimate of drug-likeness (QED) is 0.485. The molecule has 1 aromatic carbocycles. The van der Waals surface area contributed by atoms with Crippen molar-refractivity contribution in [3.63, 3.8) is 0 Å². The van der Waals surface area contributed by atoms with Gasteiger partial charge in [-0.3, -0.25) is 4.79 Å². The predicted octanol–water partition coefficient (Wildman–Crippen LogP) is 2.98. The number of rotatable bonds is 8. The molecule has 6 heteroatoms. The lowest BCUT2D eigenvalue weighted by Crippen LogP contribution is -2.36. The molecule has 0 bridgehead atoms. The van der Waals surface area contributed by atoms with Gasteiger partial charge in [0.05, 0.1) is 18.1 Å². The van der Waals surface area contributed by atoms with Crippen LogP contribution in [0.1, 0.15) is 50.1 Å². The van der Waals surface area contributed by atoms with E-state index in [-0.39, 0.29) is 30.1 Å². The van der Waals surface area contributed by atoms with E-state index in [0.29, 0.717) is 17.6 Å². The summed E-state index contributed by atoms with van der Waals surface area (Å²) in [6, 6.07) is 11.0. The number of hydrogen-bond acceptors (Lipinski definition) is 3. The summed E-state index contributed by atoms with van der Waals surface area (Å²) in [6.07, 6.45) is 6.01. The lowest BCUT2D eigenvalue weighted by molar-refractivity contribution is -0.122. The van der Waals surface area contributed by atoms with E-state index in [2.05, 4.69) is 28.1 Å². The van der Waals surface area contributed by atoms with E-state index in [1.165, 1.54) is 18.4 Å². The molecule has 1 aromatic rings. The molecule has 1 unspecified atom stereocenters. The molecule has 1 saturated carbocycles. The first-order valence-electron chi connectivity index (χ1n) is 9.73. The first-order chi connectivity index (χ1) is 12.7. The highest BCUT2D eigenvalue weighted by Gasteiger charge is 2.42. The Balaban J connectivity index is 1.19. The molecular formula is C20H27N3O2S. The van der Waals surface area contributed by atoms with Crippen molar-refractivity contribution in [1.29, 1.82) is 0 Å². The number of amides is 3. The fourth-order valence-electron chi connectivity index (χ4n) is 4.08. The Labute approximate surface area is 159 Å². The fourth-order valence-corrected chi connectivity index (χ4v) is 5.63. The third-order valence-corrected chi connectivity index (χ3v) is 7.16.